The first-order valence-electron chi connectivity index (χ1n) is 17.9. The number of quaternary nitrogens is 1. The van der Waals surface area contributed by atoms with Crippen LogP contribution in [0, 0.1) is 0 Å². The summed E-state index contributed by atoms with van der Waals surface area (Å²) in [6, 6.07) is 39.3. The Kier molecular flexibility index (Phi) is 7.06. The van der Waals surface area contributed by atoms with Gasteiger partial charge in [-0.2, -0.15) is 0 Å². The van der Waals surface area contributed by atoms with Crippen LogP contribution < -0.4 is 15.4 Å². The van der Waals surface area contributed by atoms with Crippen molar-refractivity contribution in [3.63, 3.8) is 0 Å². The topological polar surface area (TPSA) is 98.5 Å². The number of H-pyrrole nitrogens is 1. The van der Waals surface area contributed by atoms with Gasteiger partial charge in [0.25, 0.3) is 0 Å². The van der Waals surface area contributed by atoms with Crippen LogP contribution in [-0.2, 0) is 6.42 Å². The largest absolute Gasteiger partial charge is 0.457 e. The van der Waals surface area contributed by atoms with E-state index in [1.165, 1.54) is 5.56 Å². The fourth-order valence-corrected chi connectivity index (χ4v) is 7.45. The van der Waals surface area contributed by atoms with Crippen molar-refractivity contribution in [2.45, 2.75) is 12.6 Å². The Morgan fingerprint density at radius 1 is 0.623 bits per heavy atom. The van der Waals surface area contributed by atoms with E-state index in [1.54, 1.807) is 0 Å². The van der Waals surface area contributed by atoms with Crippen molar-refractivity contribution < 1.29 is 9.22 Å². The highest BCUT2D eigenvalue weighted by Gasteiger charge is 2.33. The molecule has 1 aliphatic carbocycles. The lowest BCUT2D eigenvalue weighted by molar-refractivity contribution is -0.870. The summed E-state index contributed by atoms with van der Waals surface area (Å²) in [6.07, 6.45) is 2.85. The lowest BCUT2D eigenvalue weighted by atomic mass is 10.1. The number of benzene rings is 5. The molecule has 1 unspecified atom stereocenters. The molecule has 9 nitrogen and oxygen atoms in total. The Hall–Kier alpha value is -6.58. The Morgan fingerprint density at radius 3 is 2.04 bits per heavy atom. The zero-order valence-corrected chi connectivity index (χ0v) is 29.7. The van der Waals surface area contributed by atoms with Crippen LogP contribution in [-0.4, -0.2) is 60.4 Å². The van der Waals surface area contributed by atoms with Crippen molar-refractivity contribution in [3.8, 4) is 11.5 Å². The van der Waals surface area contributed by atoms with Gasteiger partial charge in [0.05, 0.1) is 33.4 Å². The Balaban J connectivity index is 1.13. The van der Waals surface area contributed by atoms with Crippen molar-refractivity contribution >= 4 is 51.3 Å². The van der Waals surface area contributed by atoms with Gasteiger partial charge in [-0.25, -0.2) is 20.0 Å². The molecule has 1 atom stereocenters. The summed E-state index contributed by atoms with van der Waals surface area (Å²) in [5.41, 5.74) is 8.90. The predicted molar refractivity (Wildman–Crippen MR) is 213 cm³/mol. The molecular weight excluding hydrogens is 657 g/mol. The molecule has 4 aliphatic rings. The quantitative estimate of drug-likeness (QED) is 0.159. The number of nitrogens with zero attached hydrogens (tertiary/aromatic N) is 5. The second-order valence-electron chi connectivity index (χ2n) is 14.8. The fourth-order valence-electron chi connectivity index (χ4n) is 7.45. The van der Waals surface area contributed by atoms with Gasteiger partial charge in [0.1, 0.15) is 35.1 Å². The normalized spacial score (nSPS) is 18.6. The maximum absolute atomic E-state index is 6.69. The molecule has 10 rings (SSSR count). The molecule has 0 spiro atoms. The monoisotopic (exact) mass is 693 g/mol. The predicted octanol–water partition coefficient (Wildman–Crippen LogP) is 8.17. The molecule has 4 heterocycles. The molecule has 3 N–H and O–H groups in total. The van der Waals surface area contributed by atoms with E-state index < -0.39 is 0 Å². The van der Waals surface area contributed by atoms with Gasteiger partial charge in [-0.1, -0.05) is 97.1 Å². The number of allylic oxidation sites excluding steroid dienone is 1. The molecule has 9 heteroatoms. The van der Waals surface area contributed by atoms with Gasteiger partial charge in [0, 0.05) is 56.3 Å². The Morgan fingerprint density at radius 2 is 1.28 bits per heavy atom. The van der Waals surface area contributed by atoms with Gasteiger partial charge in [-0.05, 0) is 29.8 Å². The summed E-state index contributed by atoms with van der Waals surface area (Å²) in [7, 11) is 6.66. The van der Waals surface area contributed by atoms with E-state index in [2.05, 4.69) is 110 Å². The third kappa shape index (κ3) is 5.53. The molecule has 0 fully saturated rings. The van der Waals surface area contributed by atoms with Gasteiger partial charge in [0.15, 0.2) is 11.7 Å². The van der Waals surface area contributed by atoms with E-state index >= 15 is 0 Å². The van der Waals surface area contributed by atoms with Crippen LogP contribution in [0.3, 0.4) is 0 Å². The SMILES string of the molecule is C[N+](C)(C)CCc1ccc(Oc2cccc3c2C2=C/C3=N\c3[nH]c(c4ccccc34)/N=C3\N=C(N=C4NC(N2)c2ccccc24)c2ccccc23)cc1. The zero-order valence-electron chi connectivity index (χ0n) is 29.7. The molecule has 0 radical (unpaired) electrons. The van der Waals surface area contributed by atoms with Crippen LogP contribution in [0.1, 0.15) is 45.1 Å². The second-order valence-corrected chi connectivity index (χ2v) is 14.8. The number of rotatable bonds is 5. The number of aromatic nitrogens is 1. The number of nitrogens with one attached hydrogen (secondary N) is 3. The van der Waals surface area contributed by atoms with E-state index in [0.29, 0.717) is 17.5 Å². The molecule has 0 saturated heterocycles. The minimum absolute atomic E-state index is 0.270. The van der Waals surface area contributed by atoms with Gasteiger partial charge < -0.3 is 24.8 Å². The van der Waals surface area contributed by atoms with Crippen molar-refractivity contribution in [2.75, 3.05) is 27.7 Å². The molecule has 1 aromatic heterocycles. The van der Waals surface area contributed by atoms with Crippen molar-refractivity contribution in [1.29, 1.82) is 0 Å². The van der Waals surface area contributed by atoms with E-state index in [4.69, 9.17) is 24.7 Å². The summed E-state index contributed by atoms with van der Waals surface area (Å²) in [5, 5.41) is 9.45. The molecule has 258 valence electrons. The van der Waals surface area contributed by atoms with Crippen LogP contribution in [0.25, 0.3) is 16.5 Å². The van der Waals surface area contributed by atoms with Crippen molar-refractivity contribution in [2.24, 2.45) is 20.0 Å². The molecule has 5 aromatic carbocycles. The molecule has 8 bridgehead atoms. The van der Waals surface area contributed by atoms with Gasteiger partial charge >= 0.3 is 0 Å². The summed E-state index contributed by atoms with van der Waals surface area (Å²) in [4.78, 5) is 24.1. The molecule has 0 amide bonds. The van der Waals surface area contributed by atoms with Gasteiger partial charge in [0.2, 0.25) is 0 Å². The number of hydrogen-bond acceptors (Lipinski definition) is 7. The summed E-state index contributed by atoms with van der Waals surface area (Å²) in [6.45, 7) is 1.06. The number of aromatic amines is 1. The molecule has 6 aromatic rings. The number of ether oxygens (including phenoxy) is 1. The maximum Gasteiger partial charge on any atom is 0.164 e. The Labute approximate surface area is 307 Å². The Bertz CT molecular complexity index is 2630. The minimum atomic E-state index is -0.270. The number of hydrogen-bond donors (Lipinski definition) is 3. The van der Waals surface area contributed by atoms with Crippen molar-refractivity contribution in [3.05, 3.63) is 160 Å². The smallest absolute Gasteiger partial charge is 0.164 e. The number of aliphatic imine (C=N–C) groups is 4. The van der Waals surface area contributed by atoms with Crippen LogP contribution in [0.15, 0.2) is 141 Å². The second kappa shape index (κ2) is 12.0. The third-order valence-electron chi connectivity index (χ3n) is 10.1. The minimum Gasteiger partial charge on any atom is -0.457 e. The average molecular weight is 694 g/mol. The van der Waals surface area contributed by atoms with Crippen LogP contribution in [0.2, 0.25) is 0 Å². The maximum atomic E-state index is 6.69. The molecule has 53 heavy (non-hydrogen) atoms. The van der Waals surface area contributed by atoms with E-state index in [-0.39, 0.29) is 6.17 Å². The van der Waals surface area contributed by atoms with E-state index in [1.807, 2.05) is 48.5 Å². The van der Waals surface area contributed by atoms with Crippen LogP contribution in [0.4, 0.5) is 11.6 Å². The summed E-state index contributed by atoms with van der Waals surface area (Å²) >= 11 is 0. The van der Waals surface area contributed by atoms with E-state index in [9.17, 15) is 0 Å². The highest BCUT2D eigenvalue weighted by Crippen LogP contribution is 2.41. The summed E-state index contributed by atoms with van der Waals surface area (Å²) < 4.78 is 7.61. The lowest BCUT2D eigenvalue weighted by Crippen LogP contribution is -2.36. The first-order chi connectivity index (χ1) is 25.8. The average Bonchev–Trinajstić information content (AvgIpc) is 3.90. The van der Waals surface area contributed by atoms with Crippen molar-refractivity contribution in [1.82, 2.24) is 15.6 Å². The lowest BCUT2D eigenvalue weighted by Gasteiger charge is -2.23. The summed E-state index contributed by atoms with van der Waals surface area (Å²) in [5.74, 6) is 4.92. The van der Waals surface area contributed by atoms with Gasteiger partial charge in [-0.3, -0.25) is 0 Å². The highest BCUT2D eigenvalue weighted by molar-refractivity contribution is 6.27. The van der Waals surface area contributed by atoms with Gasteiger partial charge in [-0.15, -0.1) is 0 Å². The van der Waals surface area contributed by atoms with Crippen LogP contribution >= 0.6 is 0 Å². The van der Waals surface area contributed by atoms with Crippen LogP contribution in [0.5, 0.6) is 11.5 Å². The molecule has 0 saturated carbocycles. The first-order valence-corrected chi connectivity index (χ1v) is 17.9. The number of fused-ring (bicyclic) bond motifs is 18. The number of amidine groups is 3. The molecule has 3 aliphatic heterocycles. The van der Waals surface area contributed by atoms with E-state index in [0.717, 1.165) is 96.2 Å². The zero-order chi connectivity index (χ0) is 35.7. The fraction of sp³-hybridized carbons (Fsp3) is 0.136. The number of likely N-dealkylation sites (N-methyl/N-ethyl adjacent to an activating group) is 1. The third-order valence-corrected chi connectivity index (χ3v) is 10.1. The first kappa shape index (κ1) is 31.2. The highest BCUT2D eigenvalue weighted by atomic mass is 16.5. The molecular formula is C44H37N8O+. The standard InChI is InChI=1S/C44H37N8O/c1-52(2,3)24-23-26-19-21-27(22-20-26)53-37-18-10-17-34-35-25-36(38(34)37)46-40-29-12-5-7-14-31(29)42(48-40)50-44-33-16-9-8-15-32(33)43(51-44)49-41-30-13-6-4-11-28(30)39(45-35)47-41/h4-22,25,40,46-47H,23-24H2,1-3H3,(H,48,49,50,51)/q+1/b45-35+.